The van der Waals surface area contributed by atoms with E-state index < -0.39 is 5.60 Å². The molecule has 0 aromatic carbocycles. The predicted octanol–water partition coefficient (Wildman–Crippen LogP) is 2.43. The van der Waals surface area contributed by atoms with Gasteiger partial charge in [0.25, 0.3) is 0 Å². The predicted molar refractivity (Wildman–Crippen MR) is 106 cm³/mol. The average molecular weight is 387 g/mol. The molecule has 0 unspecified atom stereocenters. The van der Waals surface area contributed by atoms with Gasteiger partial charge in [-0.05, 0) is 45.4 Å². The van der Waals surface area contributed by atoms with Crippen LogP contribution < -0.4 is 0 Å². The van der Waals surface area contributed by atoms with E-state index >= 15 is 0 Å². The number of Topliss-reactive ketones (excluding diaryl/α,β-unsaturated/α-hetero) is 1. The number of hydrogen-bond acceptors (Lipinski definition) is 6. The van der Waals surface area contributed by atoms with Gasteiger partial charge < -0.3 is 13.9 Å². The van der Waals surface area contributed by atoms with Crippen LogP contribution in [0.4, 0.5) is 0 Å². The van der Waals surface area contributed by atoms with Gasteiger partial charge in [0, 0.05) is 32.6 Å². The van der Waals surface area contributed by atoms with Crippen LogP contribution in [-0.2, 0) is 20.7 Å². The SMILES string of the molecule is CC(=O)c1nc2cc(C)ccn2c1C[C@H]1CN(CC(=O)OC(C)(C)C)CCO1. The number of aromatic nitrogens is 2. The lowest BCUT2D eigenvalue weighted by Crippen LogP contribution is -2.46. The summed E-state index contributed by atoms with van der Waals surface area (Å²) in [4.78, 5) is 30.8. The van der Waals surface area contributed by atoms with Crippen molar-refractivity contribution in [1.82, 2.24) is 14.3 Å². The van der Waals surface area contributed by atoms with Crippen molar-refractivity contribution >= 4 is 17.4 Å². The van der Waals surface area contributed by atoms with Gasteiger partial charge in [0.05, 0.1) is 24.9 Å². The Morgan fingerprint density at radius 3 is 2.79 bits per heavy atom. The number of rotatable bonds is 5. The number of aryl methyl sites for hydroxylation is 1. The van der Waals surface area contributed by atoms with E-state index in [1.165, 1.54) is 6.92 Å². The van der Waals surface area contributed by atoms with E-state index in [9.17, 15) is 9.59 Å². The molecule has 3 heterocycles. The third kappa shape index (κ3) is 4.97. The first-order valence-electron chi connectivity index (χ1n) is 9.67. The molecule has 0 amide bonds. The number of hydrogen-bond donors (Lipinski definition) is 0. The van der Waals surface area contributed by atoms with Gasteiger partial charge in [-0.3, -0.25) is 14.5 Å². The van der Waals surface area contributed by atoms with E-state index in [1.807, 2.05) is 55.3 Å². The Bertz CT molecular complexity index is 882. The van der Waals surface area contributed by atoms with Crippen molar-refractivity contribution in [2.75, 3.05) is 26.2 Å². The molecule has 0 radical (unpaired) electrons. The van der Waals surface area contributed by atoms with E-state index in [2.05, 4.69) is 4.98 Å². The molecule has 0 saturated carbocycles. The van der Waals surface area contributed by atoms with Crippen molar-refractivity contribution in [1.29, 1.82) is 0 Å². The highest BCUT2D eigenvalue weighted by Gasteiger charge is 2.27. The Hall–Kier alpha value is -2.25. The van der Waals surface area contributed by atoms with Crippen LogP contribution in [0.3, 0.4) is 0 Å². The van der Waals surface area contributed by atoms with Crippen LogP contribution >= 0.6 is 0 Å². The molecule has 1 saturated heterocycles. The smallest absolute Gasteiger partial charge is 0.320 e. The van der Waals surface area contributed by atoms with E-state index in [0.29, 0.717) is 31.8 Å². The monoisotopic (exact) mass is 387 g/mol. The number of ketones is 1. The molecule has 152 valence electrons. The molecule has 1 atom stereocenters. The number of carbonyl (C=O) groups excluding carboxylic acids is 2. The molecule has 7 heteroatoms. The minimum Gasteiger partial charge on any atom is -0.459 e. The zero-order valence-electron chi connectivity index (χ0n) is 17.3. The summed E-state index contributed by atoms with van der Waals surface area (Å²) < 4.78 is 13.3. The van der Waals surface area contributed by atoms with Gasteiger partial charge >= 0.3 is 5.97 Å². The molecule has 0 aliphatic carbocycles. The second kappa shape index (κ2) is 8.01. The second-order valence-corrected chi connectivity index (χ2v) is 8.41. The van der Waals surface area contributed by atoms with Crippen LogP contribution in [0.2, 0.25) is 0 Å². The Kier molecular flexibility index (Phi) is 5.86. The third-order valence-corrected chi connectivity index (χ3v) is 4.63. The molecule has 7 nitrogen and oxygen atoms in total. The molecule has 0 bridgehead atoms. The van der Waals surface area contributed by atoms with E-state index in [0.717, 1.165) is 16.9 Å². The van der Waals surface area contributed by atoms with Crippen LogP contribution in [0.1, 0.15) is 49.4 Å². The maximum absolute atomic E-state index is 12.1. The summed E-state index contributed by atoms with van der Waals surface area (Å²) in [7, 11) is 0. The van der Waals surface area contributed by atoms with Crippen molar-refractivity contribution in [3.63, 3.8) is 0 Å². The fourth-order valence-corrected chi connectivity index (χ4v) is 3.49. The highest BCUT2D eigenvalue weighted by molar-refractivity contribution is 5.94. The first-order valence-corrected chi connectivity index (χ1v) is 9.67. The summed E-state index contributed by atoms with van der Waals surface area (Å²) >= 11 is 0. The van der Waals surface area contributed by atoms with Crippen LogP contribution in [0.5, 0.6) is 0 Å². The summed E-state index contributed by atoms with van der Waals surface area (Å²) in [6, 6.07) is 3.96. The molecule has 1 aliphatic rings. The van der Waals surface area contributed by atoms with Crippen molar-refractivity contribution in [2.45, 2.75) is 52.7 Å². The molecule has 0 N–H and O–H groups in total. The van der Waals surface area contributed by atoms with Crippen molar-refractivity contribution in [3.05, 3.63) is 35.3 Å². The van der Waals surface area contributed by atoms with Gasteiger partial charge in [0.2, 0.25) is 0 Å². The van der Waals surface area contributed by atoms with Crippen LogP contribution in [0, 0.1) is 6.92 Å². The first kappa shape index (κ1) is 20.5. The number of pyridine rings is 1. The Balaban J connectivity index is 1.74. The lowest BCUT2D eigenvalue weighted by molar-refractivity contribution is -0.157. The normalized spacial score (nSPS) is 18.4. The van der Waals surface area contributed by atoms with Crippen LogP contribution in [0.15, 0.2) is 18.3 Å². The number of nitrogens with zero attached hydrogens (tertiary/aromatic N) is 3. The standard InChI is InChI=1S/C21H29N3O4/c1-14-6-7-24-17(20(15(2)25)22-18(24)10-14)11-16-12-23(8-9-27-16)13-19(26)28-21(3,4)5/h6-7,10,16H,8-9,11-13H2,1-5H3/t16-/m0/s1. The lowest BCUT2D eigenvalue weighted by Gasteiger charge is -2.33. The lowest BCUT2D eigenvalue weighted by atomic mass is 10.1. The number of carbonyl (C=O) groups is 2. The number of fused-ring (bicyclic) bond motifs is 1. The van der Waals surface area contributed by atoms with Gasteiger partial charge in [-0.2, -0.15) is 0 Å². The molecule has 2 aromatic rings. The third-order valence-electron chi connectivity index (χ3n) is 4.63. The number of imidazole rings is 1. The molecular weight excluding hydrogens is 358 g/mol. The molecular formula is C21H29N3O4. The Labute approximate surface area is 165 Å². The minimum absolute atomic E-state index is 0.0576. The van der Waals surface area contributed by atoms with Crippen molar-refractivity contribution < 1.29 is 19.1 Å². The number of morpholine rings is 1. The zero-order chi connectivity index (χ0) is 20.5. The van der Waals surface area contributed by atoms with Gasteiger partial charge in [-0.1, -0.05) is 0 Å². The van der Waals surface area contributed by atoms with Gasteiger partial charge in [0.1, 0.15) is 16.9 Å². The molecule has 1 fully saturated rings. The molecule has 1 aliphatic heterocycles. The quantitative estimate of drug-likeness (QED) is 0.580. The fraction of sp³-hybridized carbons (Fsp3) is 0.571. The molecule has 2 aromatic heterocycles. The van der Waals surface area contributed by atoms with E-state index in [-0.39, 0.29) is 24.4 Å². The minimum atomic E-state index is -0.492. The topological polar surface area (TPSA) is 73.1 Å². The molecule has 0 spiro atoms. The van der Waals surface area contributed by atoms with Crippen LogP contribution in [0.25, 0.3) is 5.65 Å². The fourth-order valence-electron chi connectivity index (χ4n) is 3.49. The van der Waals surface area contributed by atoms with E-state index in [4.69, 9.17) is 9.47 Å². The molecule has 3 rings (SSSR count). The number of ether oxygens (including phenoxy) is 2. The largest absolute Gasteiger partial charge is 0.459 e. The second-order valence-electron chi connectivity index (χ2n) is 8.41. The summed E-state index contributed by atoms with van der Waals surface area (Å²) in [5.74, 6) is -0.291. The van der Waals surface area contributed by atoms with Crippen molar-refractivity contribution in [2.24, 2.45) is 0 Å². The highest BCUT2D eigenvalue weighted by atomic mass is 16.6. The Morgan fingerprint density at radius 1 is 1.36 bits per heavy atom. The summed E-state index contributed by atoms with van der Waals surface area (Å²) in [6.07, 6.45) is 2.39. The number of esters is 1. The summed E-state index contributed by atoms with van der Waals surface area (Å²) in [6.45, 7) is 11.2. The van der Waals surface area contributed by atoms with Gasteiger partial charge in [0.15, 0.2) is 5.78 Å². The maximum Gasteiger partial charge on any atom is 0.320 e. The van der Waals surface area contributed by atoms with Gasteiger partial charge in [-0.25, -0.2) is 4.98 Å². The highest BCUT2D eigenvalue weighted by Crippen LogP contribution is 2.19. The Morgan fingerprint density at radius 2 is 2.11 bits per heavy atom. The van der Waals surface area contributed by atoms with Gasteiger partial charge in [-0.15, -0.1) is 0 Å². The summed E-state index contributed by atoms with van der Waals surface area (Å²) in [5.41, 5.74) is 2.71. The van der Waals surface area contributed by atoms with E-state index in [1.54, 1.807) is 0 Å². The van der Waals surface area contributed by atoms with Crippen molar-refractivity contribution in [3.8, 4) is 0 Å². The first-order chi connectivity index (χ1) is 13.1. The zero-order valence-corrected chi connectivity index (χ0v) is 17.3. The van der Waals surface area contributed by atoms with Crippen LogP contribution in [-0.4, -0.2) is 64.0 Å². The average Bonchev–Trinajstić information content (AvgIpc) is 2.91. The maximum atomic E-state index is 12.1. The summed E-state index contributed by atoms with van der Waals surface area (Å²) in [5, 5.41) is 0. The molecule has 28 heavy (non-hydrogen) atoms.